The van der Waals surface area contributed by atoms with E-state index in [1.54, 1.807) is 18.3 Å². The van der Waals surface area contributed by atoms with E-state index in [0.29, 0.717) is 22.4 Å². The van der Waals surface area contributed by atoms with E-state index in [2.05, 4.69) is 28.2 Å². The third-order valence-corrected chi connectivity index (χ3v) is 6.56. The van der Waals surface area contributed by atoms with E-state index in [1.165, 1.54) is 24.4 Å². The van der Waals surface area contributed by atoms with Crippen LogP contribution in [0.25, 0.3) is 55.6 Å². The Bertz CT molecular complexity index is 2150. The van der Waals surface area contributed by atoms with Gasteiger partial charge in [-0.25, -0.2) is 0 Å². The molecule has 0 aliphatic heterocycles. The summed E-state index contributed by atoms with van der Waals surface area (Å²) in [7, 11) is 0. The molecule has 205 valence electrons. The number of nitriles is 1. The van der Waals surface area contributed by atoms with E-state index in [9.17, 15) is 5.26 Å². The Labute approximate surface area is 267 Å². The SMILES string of the molecule is N#Cc1ccc2c(oc3c(-c4ccccn4)[c-]ccc32)c1-c1ccccc1.[2H]C([2H])([2H])c1c[c-]c(-c2ccc(C([2H])([2H])[2H])cn2)cc1.[Ir]. The summed E-state index contributed by atoms with van der Waals surface area (Å²) in [6.45, 7) is -4.34. The van der Waals surface area contributed by atoms with Gasteiger partial charge in [0.1, 0.15) is 5.58 Å². The predicted octanol–water partition coefficient (Wildman–Crippen LogP) is 9.15. The number of hydrogen-bond acceptors (Lipinski definition) is 4. The molecule has 4 nitrogen and oxygen atoms in total. The Morgan fingerprint density at radius 3 is 2.26 bits per heavy atom. The van der Waals surface area contributed by atoms with Gasteiger partial charge in [0.15, 0.2) is 0 Å². The van der Waals surface area contributed by atoms with E-state index in [1.807, 2.05) is 72.8 Å². The Hall–Kier alpha value is -4.88. The van der Waals surface area contributed by atoms with E-state index < -0.39 is 13.7 Å². The molecule has 0 saturated heterocycles. The van der Waals surface area contributed by atoms with Crippen molar-refractivity contribution in [3.05, 3.63) is 144 Å². The van der Waals surface area contributed by atoms with Crippen LogP contribution in [0, 0.1) is 37.2 Å². The van der Waals surface area contributed by atoms with Crippen molar-refractivity contribution in [2.45, 2.75) is 13.7 Å². The molecular weight excluding hydrogens is 695 g/mol. The van der Waals surface area contributed by atoms with Gasteiger partial charge in [-0.05, 0) is 41.5 Å². The van der Waals surface area contributed by atoms with Crippen LogP contribution < -0.4 is 0 Å². The zero-order chi connectivity index (χ0) is 33.2. The summed E-state index contributed by atoms with van der Waals surface area (Å²) in [5, 5.41) is 11.6. The predicted molar refractivity (Wildman–Crippen MR) is 164 cm³/mol. The molecule has 3 heterocycles. The van der Waals surface area contributed by atoms with Crippen LogP contribution in [-0.2, 0) is 20.1 Å². The topological polar surface area (TPSA) is 62.7 Å². The first-order valence-electron chi connectivity index (χ1n) is 15.8. The van der Waals surface area contributed by atoms with E-state index in [0.717, 1.165) is 38.7 Å². The van der Waals surface area contributed by atoms with Crippen molar-refractivity contribution in [2.24, 2.45) is 0 Å². The number of pyridine rings is 2. The fourth-order valence-electron chi connectivity index (χ4n) is 4.63. The summed E-state index contributed by atoms with van der Waals surface area (Å²) in [5.41, 5.74) is 7.00. The van der Waals surface area contributed by atoms with Crippen molar-refractivity contribution in [3.63, 3.8) is 0 Å². The average Bonchev–Trinajstić information content (AvgIpc) is 3.47. The molecular formula is C37H25IrN3O-2. The summed E-state index contributed by atoms with van der Waals surface area (Å²) in [6.07, 6.45) is 3.06. The first-order chi connectivity index (χ1) is 22.5. The van der Waals surface area contributed by atoms with Crippen LogP contribution in [0.15, 0.2) is 120 Å². The fraction of sp³-hybridized carbons (Fsp3) is 0.0541. The second-order valence-corrected chi connectivity index (χ2v) is 9.18. The van der Waals surface area contributed by atoms with Crippen LogP contribution in [0.5, 0.6) is 0 Å². The zero-order valence-electron chi connectivity index (χ0n) is 28.1. The molecule has 5 heteroatoms. The monoisotopic (exact) mass is 726 g/mol. The van der Waals surface area contributed by atoms with Crippen LogP contribution in [0.4, 0.5) is 0 Å². The zero-order valence-corrected chi connectivity index (χ0v) is 24.4. The van der Waals surface area contributed by atoms with Crippen LogP contribution in [0.3, 0.4) is 0 Å². The second-order valence-electron chi connectivity index (χ2n) is 9.18. The Morgan fingerprint density at radius 2 is 1.57 bits per heavy atom. The molecule has 0 aliphatic carbocycles. The molecule has 0 amide bonds. The normalized spacial score (nSPS) is 13.1. The standard InChI is InChI=1S/C24H13N2O.C13H12N.Ir/c25-15-17-12-13-19-18-9-6-10-20(21-11-4-5-14-26-21)23(18)27-24(19)22(17)16-7-2-1-3-8-16;1-10-3-6-12(7-4-10)13-8-5-11(2)9-14-13;/h1-9,11-14H;3-6,8-9H,1-2H3;/q2*-1;/i;1D3,2D3;. The van der Waals surface area contributed by atoms with Gasteiger partial charge in [0, 0.05) is 51.7 Å². The molecule has 0 spiro atoms. The van der Waals surface area contributed by atoms with Crippen LogP contribution >= 0.6 is 0 Å². The Balaban J connectivity index is 0.000000193. The van der Waals surface area contributed by atoms with E-state index in [-0.39, 0.29) is 31.2 Å². The average molecular weight is 726 g/mol. The van der Waals surface area contributed by atoms with Gasteiger partial charge >= 0.3 is 0 Å². The number of hydrogen-bond donors (Lipinski definition) is 0. The molecule has 7 rings (SSSR count). The van der Waals surface area contributed by atoms with Gasteiger partial charge in [-0.15, -0.1) is 53.6 Å². The van der Waals surface area contributed by atoms with Gasteiger partial charge in [-0.1, -0.05) is 78.5 Å². The molecule has 0 bridgehead atoms. The van der Waals surface area contributed by atoms with Gasteiger partial charge in [0.2, 0.25) is 0 Å². The maximum Gasteiger partial charge on any atom is 0.130 e. The smallest absolute Gasteiger partial charge is 0.130 e. The molecule has 0 atom stereocenters. The molecule has 4 aromatic carbocycles. The number of fused-ring (bicyclic) bond motifs is 3. The molecule has 3 aromatic heterocycles. The first kappa shape index (κ1) is 21.8. The maximum absolute atomic E-state index is 9.64. The largest absolute Gasteiger partial charge is 0.500 e. The van der Waals surface area contributed by atoms with Crippen LogP contribution in [0.2, 0.25) is 0 Å². The van der Waals surface area contributed by atoms with Gasteiger partial charge in [0.05, 0.1) is 17.2 Å². The maximum atomic E-state index is 9.64. The summed E-state index contributed by atoms with van der Waals surface area (Å²) in [6, 6.07) is 39.3. The number of benzene rings is 4. The number of rotatable bonds is 3. The van der Waals surface area contributed by atoms with Gasteiger partial charge in [-0.2, -0.15) is 5.26 Å². The molecule has 0 fully saturated rings. The van der Waals surface area contributed by atoms with Crippen molar-refractivity contribution in [3.8, 4) is 39.7 Å². The van der Waals surface area contributed by atoms with Crippen LogP contribution in [0.1, 0.15) is 24.9 Å². The fourth-order valence-corrected chi connectivity index (χ4v) is 4.63. The first-order valence-corrected chi connectivity index (χ1v) is 12.8. The summed E-state index contributed by atoms with van der Waals surface area (Å²) < 4.78 is 50.0. The number of furan rings is 1. The third-order valence-electron chi connectivity index (χ3n) is 6.56. The Kier molecular flexibility index (Phi) is 6.62. The molecule has 0 aliphatic rings. The third kappa shape index (κ3) is 5.78. The van der Waals surface area contributed by atoms with Crippen molar-refractivity contribution in [1.29, 1.82) is 5.26 Å². The Morgan fingerprint density at radius 1 is 0.762 bits per heavy atom. The summed E-state index contributed by atoms with van der Waals surface area (Å²) in [4.78, 5) is 8.52. The minimum atomic E-state index is -2.18. The van der Waals surface area contributed by atoms with Gasteiger partial charge < -0.3 is 14.4 Å². The van der Waals surface area contributed by atoms with Crippen LogP contribution in [-0.4, -0.2) is 9.97 Å². The van der Waals surface area contributed by atoms with Crippen molar-refractivity contribution < 1.29 is 32.7 Å². The van der Waals surface area contributed by atoms with E-state index >= 15 is 0 Å². The minimum Gasteiger partial charge on any atom is -0.500 e. The molecule has 0 N–H and O–H groups in total. The van der Waals surface area contributed by atoms with Crippen molar-refractivity contribution in [2.75, 3.05) is 0 Å². The quantitative estimate of drug-likeness (QED) is 0.171. The van der Waals surface area contributed by atoms with E-state index in [4.69, 9.17) is 12.6 Å². The molecule has 42 heavy (non-hydrogen) atoms. The number of nitrogens with zero attached hydrogens (tertiary/aromatic N) is 3. The number of aryl methyl sites for hydroxylation is 2. The van der Waals surface area contributed by atoms with Gasteiger partial charge in [0.25, 0.3) is 0 Å². The van der Waals surface area contributed by atoms with Crippen molar-refractivity contribution >= 4 is 21.9 Å². The summed E-state index contributed by atoms with van der Waals surface area (Å²) >= 11 is 0. The second kappa shape index (κ2) is 12.7. The minimum absolute atomic E-state index is 0. The molecule has 0 unspecified atom stereocenters. The number of aromatic nitrogens is 2. The summed E-state index contributed by atoms with van der Waals surface area (Å²) in [5.74, 6) is 0. The molecule has 1 radical (unpaired) electrons. The molecule has 0 saturated carbocycles. The molecule has 7 aromatic rings. The van der Waals surface area contributed by atoms with Crippen molar-refractivity contribution in [1.82, 2.24) is 9.97 Å². The van der Waals surface area contributed by atoms with Gasteiger partial charge in [-0.3, -0.25) is 0 Å².